The fourth-order valence-corrected chi connectivity index (χ4v) is 4.46. The van der Waals surface area contributed by atoms with Crippen LogP contribution in [0.4, 0.5) is 11.4 Å². The zero-order valence-electron chi connectivity index (χ0n) is 18.9. The molecule has 0 fully saturated rings. The molecule has 2 N–H and O–H groups in total. The molecule has 32 heavy (non-hydrogen) atoms. The summed E-state index contributed by atoms with van der Waals surface area (Å²) in [5.41, 5.74) is 0.274. The molecular weight excluding hydrogens is 454 g/mol. The van der Waals surface area contributed by atoms with Crippen LogP contribution in [-0.2, 0) is 14.8 Å². The van der Waals surface area contributed by atoms with Crippen molar-refractivity contribution in [2.45, 2.75) is 39.3 Å². The van der Waals surface area contributed by atoms with Crippen molar-refractivity contribution in [2.24, 2.45) is 0 Å². The van der Waals surface area contributed by atoms with Gasteiger partial charge in [-0.3, -0.25) is 13.9 Å². The highest BCUT2D eigenvalue weighted by Crippen LogP contribution is 2.31. The third-order valence-electron chi connectivity index (χ3n) is 4.40. The summed E-state index contributed by atoms with van der Waals surface area (Å²) >= 11 is 6.15. The number of hydrogen-bond donors (Lipinski definition) is 2. The molecule has 174 valence electrons. The van der Waals surface area contributed by atoms with Crippen molar-refractivity contribution < 1.29 is 22.7 Å². The van der Waals surface area contributed by atoms with Gasteiger partial charge in [0.25, 0.3) is 5.91 Å². The first kappa shape index (κ1) is 25.5. The number of halogens is 1. The van der Waals surface area contributed by atoms with Crippen LogP contribution >= 0.6 is 11.6 Å². The Morgan fingerprint density at radius 2 is 1.75 bits per heavy atom. The molecule has 0 aliphatic heterocycles. The number of nitrogens with zero attached hydrogens (tertiary/aromatic N) is 1. The highest BCUT2D eigenvalue weighted by atomic mass is 35.5. The third kappa shape index (κ3) is 6.37. The number of carbonyl (C=O) groups excluding carboxylic acids is 2. The molecule has 0 bridgehead atoms. The second-order valence-corrected chi connectivity index (χ2v) is 10.6. The maximum Gasteiger partial charge on any atom is 0.253 e. The molecule has 0 spiro atoms. The topological polar surface area (TPSA) is 105 Å². The number of rotatable bonds is 7. The Morgan fingerprint density at radius 1 is 1.12 bits per heavy atom. The molecule has 10 heteroatoms. The van der Waals surface area contributed by atoms with E-state index in [-0.39, 0.29) is 27.9 Å². The molecule has 1 atom stereocenters. The Hall–Kier alpha value is -2.78. The number of hydrogen-bond acceptors (Lipinski definition) is 5. The summed E-state index contributed by atoms with van der Waals surface area (Å²) < 4.78 is 31.1. The second-order valence-electron chi connectivity index (χ2n) is 8.29. The van der Waals surface area contributed by atoms with Gasteiger partial charge in [-0.05, 0) is 58.0 Å². The van der Waals surface area contributed by atoms with Crippen LogP contribution in [0.5, 0.6) is 5.75 Å². The Kier molecular flexibility index (Phi) is 7.79. The summed E-state index contributed by atoms with van der Waals surface area (Å²) in [4.78, 5) is 25.7. The van der Waals surface area contributed by atoms with Crippen molar-refractivity contribution in [3.63, 3.8) is 0 Å². The van der Waals surface area contributed by atoms with E-state index in [0.717, 1.165) is 10.6 Å². The average molecular weight is 482 g/mol. The van der Waals surface area contributed by atoms with Gasteiger partial charge in [0.05, 0.1) is 35.3 Å². The molecule has 2 amide bonds. The zero-order chi connectivity index (χ0) is 24.3. The molecule has 2 rings (SSSR count). The molecular formula is C22H28ClN3O5S. The minimum absolute atomic E-state index is 0.204. The number of amides is 2. The van der Waals surface area contributed by atoms with Crippen molar-refractivity contribution in [3.05, 3.63) is 53.1 Å². The molecule has 2 aromatic carbocycles. The van der Waals surface area contributed by atoms with E-state index in [9.17, 15) is 18.0 Å². The van der Waals surface area contributed by atoms with E-state index in [1.54, 1.807) is 24.3 Å². The fraction of sp³-hybridized carbons (Fsp3) is 0.364. The average Bonchev–Trinajstić information content (AvgIpc) is 2.66. The number of sulfonamides is 1. The van der Waals surface area contributed by atoms with Gasteiger partial charge in [0.1, 0.15) is 11.8 Å². The molecule has 0 saturated heterocycles. The number of nitrogens with one attached hydrogen (secondary N) is 2. The molecule has 0 aliphatic carbocycles. The highest BCUT2D eigenvalue weighted by molar-refractivity contribution is 7.92. The predicted molar refractivity (Wildman–Crippen MR) is 127 cm³/mol. The van der Waals surface area contributed by atoms with Crippen LogP contribution in [0.25, 0.3) is 0 Å². The van der Waals surface area contributed by atoms with E-state index in [4.69, 9.17) is 16.3 Å². The number of anilines is 2. The van der Waals surface area contributed by atoms with Gasteiger partial charge < -0.3 is 15.4 Å². The van der Waals surface area contributed by atoms with Crippen LogP contribution < -0.4 is 19.7 Å². The lowest BCUT2D eigenvalue weighted by Crippen LogP contribution is -2.45. The predicted octanol–water partition coefficient (Wildman–Crippen LogP) is 3.67. The Balaban J connectivity index is 2.36. The van der Waals surface area contributed by atoms with Crippen molar-refractivity contribution >= 4 is 44.8 Å². The minimum Gasteiger partial charge on any atom is -0.495 e. The normalized spacial score (nSPS) is 12.6. The monoisotopic (exact) mass is 481 g/mol. The van der Waals surface area contributed by atoms with Gasteiger partial charge in [-0.25, -0.2) is 8.42 Å². The van der Waals surface area contributed by atoms with Gasteiger partial charge in [-0.2, -0.15) is 0 Å². The Morgan fingerprint density at radius 3 is 2.28 bits per heavy atom. The maximum absolute atomic E-state index is 13.0. The summed E-state index contributed by atoms with van der Waals surface area (Å²) in [6.45, 7) is 6.99. The van der Waals surface area contributed by atoms with Crippen LogP contribution in [0.1, 0.15) is 38.1 Å². The molecule has 0 heterocycles. The van der Waals surface area contributed by atoms with Gasteiger partial charge in [-0.15, -0.1) is 0 Å². The first-order valence-electron chi connectivity index (χ1n) is 9.80. The molecule has 0 aliphatic rings. The fourth-order valence-electron chi connectivity index (χ4n) is 3.04. The number of para-hydroxylation sites is 1. The SMILES string of the molecule is COc1ccc(N([C@@H](C)C(=O)Nc2ccccc2C(=O)NC(C)(C)C)S(C)(=O)=O)cc1Cl. The first-order valence-corrected chi connectivity index (χ1v) is 12.0. The lowest BCUT2D eigenvalue weighted by molar-refractivity contribution is -0.116. The first-order chi connectivity index (χ1) is 14.7. The van der Waals surface area contributed by atoms with Gasteiger partial charge in [0.2, 0.25) is 15.9 Å². The number of carbonyl (C=O) groups is 2. The van der Waals surface area contributed by atoms with Crippen LogP contribution in [0.2, 0.25) is 5.02 Å². The standard InChI is InChI=1S/C22H28ClN3O5S/c1-14(26(32(6,29)30)15-11-12-19(31-5)17(23)13-15)20(27)24-18-10-8-7-9-16(18)21(28)25-22(2,3)4/h7-14H,1-6H3,(H,24,27)(H,25,28)/t14-/m0/s1. The molecule has 0 unspecified atom stereocenters. The summed E-state index contributed by atoms with van der Waals surface area (Å²) in [6, 6.07) is 9.82. The third-order valence-corrected chi connectivity index (χ3v) is 5.93. The smallest absolute Gasteiger partial charge is 0.253 e. The van der Waals surface area contributed by atoms with Crippen molar-refractivity contribution in [3.8, 4) is 5.75 Å². The molecule has 8 nitrogen and oxygen atoms in total. The molecule has 0 radical (unpaired) electrons. The Bertz CT molecular complexity index is 1110. The van der Waals surface area contributed by atoms with Crippen molar-refractivity contribution in [2.75, 3.05) is 23.0 Å². The van der Waals surface area contributed by atoms with Gasteiger partial charge >= 0.3 is 0 Å². The zero-order valence-corrected chi connectivity index (χ0v) is 20.5. The molecule has 2 aromatic rings. The highest BCUT2D eigenvalue weighted by Gasteiger charge is 2.30. The molecule has 0 aromatic heterocycles. The van der Waals surface area contributed by atoms with Crippen molar-refractivity contribution in [1.82, 2.24) is 5.32 Å². The number of benzene rings is 2. The second kappa shape index (κ2) is 9.79. The summed E-state index contributed by atoms with van der Waals surface area (Å²) in [6.07, 6.45) is 1.000. The minimum atomic E-state index is -3.85. The summed E-state index contributed by atoms with van der Waals surface area (Å²) in [7, 11) is -2.40. The summed E-state index contributed by atoms with van der Waals surface area (Å²) in [5.74, 6) is -0.596. The van der Waals surface area contributed by atoms with Gasteiger partial charge in [0, 0.05) is 5.54 Å². The van der Waals surface area contributed by atoms with Crippen LogP contribution in [0.15, 0.2) is 42.5 Å². The molecule has 0 saturated carbocycles. The van der Waals surface area contributed by atoms with Crippen LogP contribution in [0, 0.1) is 0 Å². The van der Waals surface area contributed by atoms with Crippen molar-refractivity contribution in [1.29, 1.82) is 0 Å². The van der Waals surface area contributed by atoms with Gasteiger partial charge in [-0.1, -0.05) is 23.7 Å². The largest absolute Gasteiger partial charge is 0.495 e. The van der Waals surface area contributed by atoms with E-state index < -0.39 is 27.5 Å². The van der Waals surface area contributed by atoms with E-state index in [2.05, 4.69) is 10.6 Å². The van der Waals surface area contributed by atoms with E-state index in [1.807, 2.05) is 20.8 Å². The van der Waals surface area contributed by atoms with Crippen LogP contribution in [-0.4, -0.2) is 45.2 Å². The Labute approximate surface area is 193 Å². The number of ether oxygens (including phenoxy) is 1. The van der Waals surface area contributed by atoms with E-state index in [1.165, 1.54) is 32.2 Å². The lowest BCUT2D eigenvalue weighted by Gasteiger charge is -2.29. The lowest BCUT2D eigenvalue weighted by atomic mass is 10.1. The quantitative estimate of drug-likeness (QED) is 0.627. The van der Waals surface area contributed by atoms with Crippen LogP contribution in [0.3, 0.4) is 0 Å². The number of methoxy groups -OCH3 is 1. The van der Waals surface area contributed by atoms with Gasteiger partial charge in [0.15, 0.2) is 0 Å². The van der Waals surface area contributed by atoms with E-state index >= 15 is 0 Å². The maximum atomic E-state index is 13.0. The summed E-state index contributed by atoms with van der Waals surface area (Å²) in [5, 5.41) is 5.72. The van der Waals surface area contributed by atoms with E-state index in [0.29, 0.717) is 5.75 Å².